The highest BCUT2D eigenvalue weighted by Gasteiger charge is 2.17. The van der Waals surface area contributed by atoms with Gasteiger partial charge >= 0.3 is 0 Å². The summed E-state index contributed by atoms with van der Waals surface area (Å²) in [4.78, 5) is 17.0. The van der Waals surface area contributed by atoms with Gasteiger partial charge in [0.05, 0.1) is 0 Å². The summed E-state index contributed by atoms with van der Waals surface area (Å²) < 4.78 is 13.6. The van der Waals surface area contributed by atoms with Crippen LogP contribution in [0.3, 0.4) is 0 Å². The summed E-state index contributed by atoms with van der Waals surface area (Å²) in [5.74, 6) is -0.619. The normalized spacial score (nSPS) is 15.3. The third kappa shape index (κ3) is 4.95. The highest BCUT2D eigenvalue weighted by molar-refractivity contribution is 6.02. The fourth-order valence-electron chi connectivity index (χ4n) is 3.35. The SMILES string of the molecule is CCN1CCN(c2ccc(NC(=O)/C=C/c3ccccc3F)cc2C)CC1. The molecule has 0 aromatic heterocycles. The summed E-state index contributed by atoms with van der Waals surface area (Å²) in [6, 6.07) is 12.3. The standard InChI is InChI=1S/C22H26FN3O/c1-3-25-12-14-26(15-13-25)21-10-9-19(16-17(21)2)24-22(27)11-8-18-6-4-5-7-20(18)23/h4-11,16H,3,12-15H2,1-2H3,(H,24,27)/b11-8+. The lowest BCUT2D eigenvalue weighted by Crippen LogP contribution is -2.46. The van der Waals surface area contributed by atoms with Gasteiger partial charge in [-0.2, -0.15) is 0 Å². The van der Waals surface area contributed by atoms with Crippen molar-refractivity contribution in [3.63, 3.8) is 0 Å². The summed E-state index contributed by atoms with van der Waals surface area (Å²) >= 11 is 0. The van der Waals surface area contributed by atoms with Crippen LogP contribution < -0.4 is 10.2 Å². The first-order valence-electron chi connectivity index (χ1n) is 9.38. The maximum absolute atomic E-state index is 13.6. The van der Waals surface area contributed by atoms with E-state index >= 15 is 0 Å². The highest BCUT2D eigenvalue weighted by Crippen LogP contribution is 2.25. The Balaban J connectivity index is 1.62. The number of likely N-dealkylation sites (N-methyl/N-ethyl adjacent to an activating group) is 1. The summed E-state index contributed by atoms with van der Waals surface area (Å²) in [6.07, 6.45) is 2.84. The average molecular weight is 367 g/mol. The van der Waals surface area contributed by atoms with Crippen LogP contribution in [0.2, 0.25) is 0 Å². The average Bonchev–Trinajstić information content (AvgIpc) is 2.68. The van der Waals surface area contributed by atoms with E-state index in [0.717, 1.165) is 44.0 Å². The van der Waals surface area contributed by atoms with Crippen molar-refractivity contribution < 1.29 is 9.18 Å². The van der Waals surface area contributed by atoms with Gasteiger partial charge in [0.15, 0.2) is 0 Å². The number of rotatable bonds is 5. The monoisotopic (exact) mass is 367 g/mol. The summed E-state index contributed by atoms with van der Waals surface area (Å²) in [5.41, 5.74) is 3.48. The van der Waals surface area contributed by atoms with Gasteiger partial charge in [-0.1, -0.05) is 25.1 Å². The van der Waals surface area contributed by atoms with Crippen LogP contribution in [0.4, 0.5) is 15.8 Å². The first kappa shape index (κ1) is 19.1. The number of hydrogen-bond donors (Lipinski definition) is 1. The number of hydrogen-bond acceptors (Lipinski definition) is 3. The molecule has 1 fully saturated rings. The molecular weight excluding hydrogens is 341 g/mol. The molecule has 0 radical (unpaired) electrons. The van der Waals surface area contributed by atoms with Crippen LogP contribution in [0.1, 0.15) is 18.1 Å². The van der Waals surface area contributed by atoms with Crippen molar-refractivity contribution in [1.29, 1.82) is 0 Å². The number of carbonyl (C=O) groups excluding carboxylic acids is 1. The summed E-state index contributed by atoms with van der Waals surface area (Å²) in [5, 5.41) is 2.84. The van der Waals surface area contributed by atoms with Gasteiger partial charge in [-0.25, -0.2) is 4.39 Å². The zero-order chi connectivity index (χ0) is 19.2. The zero-order valence-electron chi connectivity index (χ0n) is 15.9. The van der Waals surface area contributed by atoms with Gasteiger partial charge in [0.2, 0.25) is 5.91 Å². The van der Waals surface area contributed by atoms with E-state index in [-0.39, 0.29) is 11.7 Å². The lowest BCUT2D eigenvalue weighted by atomic mass is 10.1. The fraction of sp³-hybridized carbons (Fsp3) is 0.318. The second-order valence-electron chi connectivity index (χ2n) is 6.77. The Morgan fingerprint density at radius 1 is 1.15 bits per heavy atom. The maximum Gasteiger partial charge on any atom is 0.248 e. The Kier molecular flexibility index (Phi) is 6.24. The van der Waals surface area contributed by atoms with Crippen molar-refractivity contribution in [2.75, 3.05) is 42.9 Å². The number of piperazine rings is 1. The van der Waals surface area contributed by atoms with Gasteiger partial charge in [-0.3, -0.25) is 4.79 Å². The van der Waals surface area contributed by atoms with Gasteiger partial charge in [-0.15, -0.1) is 0 Å². The van der Waals surface area contributed by atoms with Gasteiger partial charge in [0.25, 0.3) is 0 Å². The van der Waals surface area contributed by atoms with Crippen molar-refractivity contribution in [2.45, 2.75) is 13.8 Å². The van der Waals surface area contributed by atoms with Crippen LogP contribution in [0.15, 0.2) is 48.5 Å². The Labute approximate surface area is 160 Å². The Bertz CT molecular complexity index is 826. The number of carbonyl (C=O) groups is 1. The molecule has 27 heavy (non-hydrogen) atoms. The number of amides is 1. The molecule has 1 aliphatic heterocycles. The molecule has 2 aromatic carbocycles. The van der Waals surface area contributed by atoms with Crippen LogP contribution in [-0.2, 0) is 4.79 Å². The lowest BCUT2D eigenvalue weighted by molar-refractivity contribution is -0.111. The molecule has 1 aliphatic rings. The summed E-state index contributed by atoms with van der Waals surface area (Å²) in [7, 11) is 0. The van der Waals surface area contributed by atoms with E-state index in [4.69, 9.17) is 0 Å². The molecule has 0 aliphatic carbocycles. The molecule has 3 rings (SSSR count). The van der Waals surface area contributed by atoms with Crippen LogP contribution >= 0.6 is 0 Å². The van der Waals surface area contributed by atoms with Crippen LogP contribution in [-0.4, -0.2) is 43.5 Å². The first-order valence-corrected chi connectivity index (χ1v) is 9.38. The van der Waals surface area contributed by atoms with Crippen molar-refractivity contribution in [2.24, 2.45) is 0 Å². The van der Waals surface area contributed by atoms with E-state index in [9.17, 15) is 9.18 Å². The minimum atomic E-state index is -0.343. The predicted molar refractivity (Wildman–Crippen MR) is 110 cm³/mol. The second kappa shape index (κ2) is 8.82. The Morgan fingerprint density at radius 2 is 1.89 bits per heavy atom. The van der Waals surface area contributed by atoms with E-state index in [0.29, 0.717) is 5.56 Å². The molecule has 0 saturated carbocycles. The minimum absolute atomic E-state index is 0.276. The molecule has 0 unspecified atom stereocenters. The molecule has 4 nitrogen and oxygen atoms in total. The van der Waals surface area contributed by atoms with Crippen LogP contribution in [0, 0.1) is 12.7 Å². The molecule has 0 bridgehead atoms. The molecule has 1 heterocycles. The molecule has 1 N–H and O–H groups in total. The molecule has 5 heteroatoms. The van der Waals surface area contributed by atoms with Crippen molar-refractivity contribution >= 4 is 23.4 Å². The minimum Gasteiger partial charge on any atom is -0.369 e. The van der Waals surface area contributed by atoms with E-state index in [1.54, 1.807) is 18.2 Å². The van der Waals surface area contributed by atoms with Crippen molar-refractivity contribution in [1.82, 2.24) is 4.90 Å². The topological polar surface area (TPSA) is 35.6 Å². The van der Waals surface area contributed by atoms with Gasteiger partial charge in [0, 0.05) is 49.2 Å². The Morgan fingerprint density at radius 3 is 2.56 bits per heavy atom. The number of aryl methyl sites for hydroxylation is 1. The smallest absolute Gasteiger partial charge is 0.248 e. The number of benzene rings is 2. The maximum atomic E-state index is 13.6. The zero-order valence-corrected chi connectivity index (χ0v) is 15.9. The number of halogens is 1. The largest absolute Gasteiger partial charge is 0.369 e. The molecule has 1 saturated heterocycles. The van der Waals surface area contributed by atoms with Crippen LogP contribution in [0.5, 0.6) is 0 Å². The van der Waals surface area contributed by atoms with Crippen molar-refractivity contribution in [3.8, 4) is 0 Å². The van der Waals surface area contributed by atoms with Gasteiger partial charge in [0.1, 0.15) is 5.82 Å². The van der Waals surface area contributed by atoms with E-state index in [2.05, 4.69) is 35.0 Å². The molecule has 2 aromatic rings. The summed E-state index contributed by atoms with van der Waals surface area (Å²) in [6.45, 7) is 9.55. The molecular formula is C22H26FN3O. The number of nitrogens with one attached hydrogen (secondary N) is 1. The molecule has 1 amide bonds. The predicted octanol–water partition coefficient (Wildman–Crippen LogP) is 3.93. The lowest BCUT2D eigenvalue weighted by Gasteiger charge is -2.36. The molecule has 0 spiro atoms. The number of nitrogens with zero attached hydrogens (tertiary/aromatic N) is 2. The van der Waals surface area contributed by atoms with E-state index in [1.807, 2.05) is 12.1 Å². The number of anilines is 2. The van der Waals surface area contributed by atoms with Crippen LogP contribution in [0.25, 0.3) is 6.08 Å². The molecule has 142 valence electrons. The third-order valence-electron chi connectivity index (χ3n) is 4.94. The highest BCUT2D eigenvalue weighted by atomic mass is 19.1. The van der Waals surface area contributed by atoms with E-state index < -0.39 is 0 Å². The van der Waals surface area contributed by atoms with Crippen molar-refractivity contribution in [3.05, 3.63) is 65.5 Å². The third-order valence-corrected chi connectivity index (χ3v) is 4.94. The first-order chi connectivity index (χ1) is 13.1. The second-order valence-corrected chi connectivity index (χ2v) is 6.77. The van der Waals surface area contributed by atoms with E-state index in [1.165, 1.54) is 23.9 Å². The van der Waals surface area contributed by atoms with Gasteiger partial charge < -0.3 is 15.1 Å². The Hall–Kier alpha value is -2.66. The van der Waals surface area contributed by atoms with Gasteiger partial charge in [-0.05, 0) is 49.4 Å². The molecule has 0 atom stereocenters. The fourth-order valence-corrected chi connectivity index (χ4v) is 3.35. The quantitative estimate of drug-likeness (QED) is 0.814.